The average molecular weight is 231 g/mol. The van der Waals surface area contributed by atoms with Gasteiger partial charge in [0.25, 0.3) is 0 Å². The summed E-state index contributed by atoms with van der Waals surface area (Å²) in [7, 11) is 2.04. The SMILES string of the molecule is CNC1c2ccccc2CCC1OCC1CC1. The summed E-state index contributed by atoms with van der Waals surface area (Å²) < 4.78 is 6.10. The van der Waals surface area contributed by atoms with Gasteiger partial charge in [0, 0.05) is 6.61 Å². The maximum atomic E-state index is 6.10. The van der Waals surface area contributed by atoms with Crippen LogP contribution < -0.4 is 5.32 Å². The number of aryl methyl sites for hydroxylation is 1. The molecule has 1 aromatic carbocycles. The zero-order valence-corrected chi connectivity index (χ0v) is 10.5. The van der Waals surface area contributed by atoms with Crippen molar-refractivity contribution in [1.82, 2.24) is 5.32 Å². The van der Waals surface area contributed by atoms with E-state index in [0.717, 1.165) is 25.4 Å². The molecule has 0 amide bonds. The van der Waals surface area contributed by atoms with Crippen molar-refractivity contribution in [3.8, 4) is 0 Å². The number of rotatable bonds is 4. The number of likely N-dealkylation sites (N-methyl/N-ethyl adjacent to an activating group) is 1. The summed E-state index contributed by atoms with van der Waals surface area (Å²) in [6.45, 7) is 0.963. The highest BCUT2D eigenvalue weighted by Crippen LogP contribution is 2.34. The van der Waals surface area contributed by atoms with Crippen molar-refractivity contribution < 1.29 is 4.74 Å². The Morgan fingerprint density at radius 1 is 1.24 bits per heavy atom. The molecule has 1 fully saturated rings. The third-order valence-electron chi connectivity index (χ3n) is 4.01. The first-order valence-corrected chi connectivity index (χ1v) is 6.75. The van der Waals surface area contributed by atoms with Crippen LogP contribution in [0.4, 0.5) is 0 Å². The van der Waals surface area contributed by atoms with Gasteiger partial charge in [-0.1, -0.05) is 24.3 Å². The number of benzene rings is 1. The van der Waals surface area contributed by atoms with Gasteiger partial charge in [-0.25, -0.2) is 0 Å². The summed E-state index contributed by atoms with van der Waals surface area (Å²) in [5, 5.41) is 3.43. The lowest BCUT2D eigenvalue weighted by molar-refractivity contribution is 0.0115. The molecular formula is C15H21NO. The molecule has 2 nitrogen and oxygen atoms in total. The topological polar surface area (TPSA) is 21.3 Å². The van der Waals surface area contributed by atoms with E-state index in [9.17, 15) is 0 Å². The maximum Gasteiger partial charge on any atom is 0.0773 e. The molecule has 2 atom stereocenters. The summed E-state index contributed by atoms with van der Waals surface area (Å²) in [5.74, 6) is 0.852. The number of ether oxygens (including phenoxy) is 1. The van der Waals surface area contributed by atoms with Crippen LogP contribution in [0, 0.1) is 5.92 Å². The molecule has 2 aliphatic rings. The molecule has 17 heavy (non-hydrogen) atoms. The number of hydrogen-bond acceptors (Lipinski definition) is 2. The fraction of sp³-hybridized carbons (Fsp3) is 0.600. The Kier molecular flexibility index (Phi) is 3.17. The minimum absolute atomic E-state index is 0.357. The van der Waals surface area contributed by atoms with Crippen LogP contribution in [0.5, 0.6) is 0 Å². The Morgan fingerprint density at radius 2 is 2.06 bits per heavy atom. The Labute approximate surface area is 103 Å². The number of hydrogen-bond donors (Lipinski definition) is 1. The second-order valence-electron chi connectivity index (χ2n) is 5.32. The predicted molar refractivity (Wildman–Crippen MR) is 69.0 cm³/mol. The lowest BCUT2D eigenvalue weighted by atomic mass is 9.85. The molecule has 2 heteroatoms. The number of fused-ring (bicyclic) bond motifs is 1. The van der Waals surface area contributed by atoms with Gasteiger partial charge in [0.2, 0.25) is 0 Å². The van der Waals surface area contributed by atoms with E-state index in [1.165, 1.54) is 24.0 Å². The molecule has 0 bridgehead atoms. The van der Waals surface area contributed by atoms with E-state index in [1.54, 1.807) is 0 Å². The minimum Gasteiger partial charge on any atom is -0.376 e. The van der Waals surface area contributed by atoms with Gasteiger partial charge in [0.1, 0.15) is 0 Å². The van der Waals surface area contributed by atoms with Crippen LogP contribution in [0.3, 0.4) is 0 Å². The van der Waals surface area contributed by atoms with Gasteiger partial charge >= 0.3 is 0 Å². The Hall–Kier alpha value is -0.860. The van der Waals surface area contributed by atoms with Crippen LogP contribution in [0.1, 0.15) is 36.4 Å². The molecule has 0 aromatic heterocycles. The molecule has 0 saturated heterocycles. The van der Waals surface area contributed by atoms with Crippen molar-refractivity contribution in [2.45, 2.75) is 37.8 Å². The highest BCUT2D eigenvalue weighted by atomic mass is 16.5. The van der Waals surface area contributed by atoms with Gasteiger partial charge in [-0.15, -0.1) is 0 Å². The molecule has 1 N–H and O–H groups in total. The largest absolute Gasteiger partial charge is 0.376 e. The van der Waals surface area contributed by atoms with Gasteiger partial charge in [-0.3, -0.25) is 0 Å². The molecule has 0 heterocycles. The van der Waals surface area contributed by atoms with Crippen molar-refractivity contribution >= 4 is 0 Å². The van der Waals surface area contributed by atoms with Crippen LogP contribution in [-0.4, -0.2) is 19.8 Å². The van der Waals surface area contributed by atoms with Crippen LogP contribution >= 0.6 is 0 Å². The first-order chi connectivity index (χ1) is 8.38. The maximum absolute atomic E-state index is 6.10. The van der Waals surface area contributed by atoms with Crippen molar-refractivity contribution in [3.05, 3.63) is 35.4 Å². The first-order valence-electron chi connectivity index (χ1n) is 6.75. The van der Waals surface area contributed by atoms with Crippen LogP contribution in [0.25, 0.3) is 0 Å². The highest BCUT2D eigenvalue weighted by Gasteiger charge is 2.31. The molecule has 1 aromatic rings. The molecule has 92 valence electrons. The molecule has 3 rings (SSSR count). The Bertz CT molecular complexity index is 386. The molecule has 2 unspecified atom stereocenters. The summed E-state index contributed by atoms with van der Waals surface area (Å²) in [4.78, 5) is 0. The van der Waals surface area contributed by atoms with Gasteiger partial charge in [-0.05, 0) is 49.8 Å². The average Bonchev–Trinajstić information content (AvgIpc) is 3.19. The van der Waals surface area contributed by atoms with Gasteiger partial charge < -0.3 is 10.1 Å². The second-order valence-corrected chi connectivity index (χ2v) is 5.32. The third-order valence-corrected chi connectivity index (χ3v) is 4.01. The van der Waals surface area contributed by atoms with E-state index in [2.05, 4.69) is 29.6 Å². The zero-order valence-electron chi connectivity index (χ0n) is 10.5. The summed E-state index contributed by atoms with van der Waals surface area (Å²) in [6, 6.07) is 9.13. The Morgan fingerprint density at radius 3 is 2.82 bits per heavy atom. The van der Waals surface area contributed by atoms with E-state index >= 15 is 0 Å². The second kappa shape index (κ2) is 4.79. The summed E-state index contributed by atoms with van der Waals surface area (Å²) in [6.07, 6.45) is 5.40. The van der Waals surface area contributed by atoms with Gasteiger partial charge in [0.05, 0.1) is 12.1 Å². The van der Waals surface area contributed by atoms with Crippen LogP contribution in [0.2, 0.25) is 0 Å². The van der Waals surface area contributed by atoms with Crippen LogP contribution in [-0.2, 0) is 11.2 Å². The molecule has 0 spiro atoms. The molecular weight excluding hydrogens is 210 g/mol. The fourth-order valence-corrected chi connectivity index (χ4v) is 2.80. The van der Waals surface area contributed by atoms with E-state index in [4.69, 9.17) is 4.74 Å². The number of nitrogens with one attached hydrogen (secondary N) is 1. The lowest BCUT2D eigenvalue weighted by Crippen LogP contribution is -2.36. The van der Waals surface area contributed by atoms with E-state index in [-0.39, 0.29) is 0 Å². The van der Waals surface area contributed by atoms with Crippen LogP contribution in [0.15, 0.2) is 24.3 Å². The highest BCUT2D eigenvalue weighted by molar-refractivity contribution is 5.33. The van der Waals surface area contributed by atoms with Gasteiger partial charge in [-0.2, -0.15) is 0 Å². The first kappa shape index (κ1) is 11.2. The molecule has 2 aliphatic carbocycles. The molecule has 1 saturated carbocycles. The van der Waals surface area contributed by atoms with E-state index in [0.29, 0.717) is 12.1 Å². The third kappa shape index (κ3) is 2.38. The molecule has 0 radical (unpaired) electrons. The normalized spacial score (nSPS) is 27.8. The minimum atomic E-state index is 0.357. The fourth-order valence-electron chi connectivity index (χ4n) is 2.80. The van der Waals surface area contributed by atoms with Crippen molar-refractivity contribution in [3.63, 3.8) is 0 Å². The van der Waals surface area contributed by atoms with Gasteiger partial charge in [0.15, 0.2) is 0 Å². The zero-order chi connectivity index (χ0) is 11.7. The smallest absolute Gasteiger partial charge is 0.0773 e. The van der Waals surface area contributed by atoms with Crippen molar-refractivity contribution in [2.24, 2.45) is 5.92 Å². The predicted octanol–water partition coefficient (Wildman–Crippen LogP) is 2.69. The summed E-state index contributed by atoms with van der Waals surface area (Å²) >= 11 is 0. The Balaban J connectivity index is 1.73. The molecule has 0 aliphatic heterocycles. The monoisotopic (exact) mass is 231 g/mol. The van der Waals surface area contributed by atoms with Crippen molar-refractivity contribution in [2.75, 3.05) is 13.7 Å². The van der Waals surface area contributed by atoms with E-state index in [1.807, 2.05) is 7.05 Å². The van der Waals surface area contributed by atoms with E-state index < -0.39 is 0 Å². The quantitative estimate of drug-likeness (QED) is 0.860. The van der Waals surface area contributed by atoms with Crippen molar-refractivity contribution in [1.29, 1.82) is 0 Å². The standard InChI is InChI=1S/C15H21NO/c1-16-15-13-5-3-2-4-12(13)8-9-14(15)17-10-11-6-7-11/h2-5,11,14-16H,6-10H2,1H3. The lowest BCUT2D eigenvalue weighted by Gasteiger charge is -2.33. The summed E-state index contributed by atoms with van der Waals surface area (Å²) in [5.41, 5.74) is 2.92.